The third-order valence-corrected chi connectivity index (χ3v) is 3.61. The van der Waals surface area contributed by atoms with Crippen LogP contribution in [0.4, 0.5) is 10.1 Å². The molecule has 20 heavy (non-hydrogen) atoms. The van der Waals surface area contributed by atoms with Crippen molar-refractivity contribution < 1.29 is 9.50 Å². The zero-order chi connectivity index (χ0) is 14.9. The highest BCUT2D eigenvalue weighted by molar-refractivity contribution is 5.57. The molecule has 0 aliphatic rings. The Morgan fingerprint density at radius 3 is 2.35 bits per heavy atom. The maximum absolute atomic E-state index is 13.6. The second-order valence-corrected chi connectivity index (χ2v) is 5.33. The number of aryl methyl sites for hydroxylation is 3. The summed E-state index contributed by atoms with van der Waals surface area (Å²) in [5.41, 5.74) is 4.29. The van der Waals surface area contributed by atoms with Crippen LogP contribution in [0.3, 0.4) is 0 Å². The first-order chi connectivity index (χ1) is 9.38. The van der Waals surface area contributed by atoms with Gasteiger partial charge in [-0.3, -0.25) is 0 Å². The van der Waals surface area contributed by atoms with E-state index >= 15 is 0 Å². The topological polar surface area (TPSA) is 32.3 Å². The monoisotopic (exact) mass is 273 g/mol. The Balaban J connectivity index is 2.25. The van der Waals surface area contributed by atoms with E-state index in [1.165, 1.54) is 0 Å². The number of benzene rings is 2. The first kappa shape index (κ1) is 14.4. The molecule has 0 aliphatic carbocycles. The quantitative estimate of drug-likeness (QED) is 0.799. The average molecular weight is 273 g/mol. The Morgan fingerprint density at radius 1 is 1.00 bits per heavy atom. The molecular formula is C17H20FNO. The smallest absolute Gasteiger partial charge is 0.126 e. The van der Waals surface area contributed by atoms with Crippen molar-refractivity contribution in [1.82, 2.24) is 0 Å². The van der Waals surface area contributed by atoms with Gasteiger partial charge in [0, 0.05) is 11.7 Å². The fraction of sp³-hybridized carbons (Fsp3) is 0.294. The largest absolute Gasteiger partial charge is 0.508 e. The number of hydrogen-bond acceptors (Lipinski definition) is 2. The van der Waals surface area contributed by atoms with E-state index in [0.717, 1.165) is 22.4 Å². The molecule has 2 aromatic carbocycles. The number of phenols is 1. The number of rotatable bonds is 3. The zero-order valence-corrected chi connectivity index (χ0v) is 12.3. The Morgan fingerprint density at radius 2 is 1.70 bits per heavy atom. The molecule has 1 atom stereocenters. The molecule has 2 aromatic rings. The molecule has 0 amide bonds. The Kier molecular flexibility index (Phi) is 3.98. The van der Waals surface area contributed by atoms with E-state index in [1.807, 2.05) is 32.9 Å². The van der Waals surface area contributed by atoms with Crippen LogP contribution in [0.5, 0.6) is 5.75 Å². The minimum atomic E-state index is -0.185. The van der Waals surface area contributed by atoms with Crippen molar-refractivity contribution in [2.75, 3.05) is 5.32 Å². The molecule has 0 aliphatic heterocycles. The summed E-state index contributed by atoms with van der Waals surface area (Å²) in [4.78, 5) is 0. The van der Waals surface area contributed by atoms with Gasteiger partial charge >= 0.3 is 0 Å². The van der Waals surface area contributed by atoms with E-state index in [0.29, 0.717) is 11.3 Å². The Labute approximate surface area is 119 Å². The van der Waals surface area contributed by atoms with Crippen LogP contribution in [0.25, 0.3) is 0 Å². The van der Waals surface area contributed by atoms with Gasteiger partial charge in [-0.25, -0.2) is 4.39 Å². The molecule has 3 heteroatoms. The maximum Gasteiger partial charge on any atom is 0.126 e. The molecule has 0 fully saturated rings. The molecule has 1 unspecified atom stereocenters. The van der Waals surface area contributed by atoms with Crippen LogP contribution in [0, 0.1) is 26.6 Å². The summed E-state index contributed by atoms with van der Waals surface area (Å²) in [5.74, 6) is 0.108. The van der Waals surface area contributed by atoms with Crippen molar-refractivity contribution in [2.45, 2.75) is 33.7 Å². The SMILES string of the molecule is Cc1cc(NC(C)c2ccc(C)c(F)c2)c(C)cc1O. The third kappa shape index (κ3) is 2.93. The zero-order valence-electron chi connectivity index (χ0n) is 12.3. The molecule has 0 saturated carbocycles. The fourth-order valence-corrected chi connectivity index (χ4v) is 2.15. The molecule has 0 radical (unpaired) electrons. The van der Waals surface area contributed by atoms with Gasteiger partial charge in [-0.05, 0) is 68.1 Å². The van der Waals surface area contributed by atoms with E-state index in [1.54, 1.807) is 25.1 Å². The van der Waals surface area contributed by atoms with Crippen molar-refractivity contribution >= 4 is 5.69 Å². The normalized spacial score (nSPS) is 12.2. The highest BCUT2D eigenvalue weighted by Crippen LogP contribution is 2.28. The van der Waals surface area contributed by atoms with Crippen LogP contribution in [0.15, 0.2) is 30.3 Å². The van der Waals surface area contributed by atoms with Crippen LogP contribution in [-0.2, 0) is 0 Å². The van der Waals surface area contributed by atoms with Crippen LogP contribution < -0.4 is 5.32 Å². The van der Waals surface area contributed by atoms with Crippen molar-refractivity contribution in [3.05, 3.63) is 58.4 Å². The van der Waals surface area contributed by atoms with Crippen LogP contribution in [0.2, 0.25) is 0 Å². The predicted molar refractivity (Wildman–Crippen MR) is 80.8 cm³/mol. The van der Waals surface area contributed by atoms with E-state index in [-0.39, 0.29) is 11.9 Å². The van der Waals surface area contributed by atoms with Crippen molar-refractivity contribution in [3.63, 3.8) is 0 Å². The lowest BCUT2D eigenvalue weighted by molar-refractivity contribution is 0.470. The summed E-state index contributed by atoms with van der Waals surface area (Å²) < 4.78 is 13.6. The van der Waals surface area contributed by atoms with Crippen LogP contribution in [0.1, 0.15) is 35.2 Å². The van der Waals surface area contributed by atoms with Crippen molar-refractivity contribution in [1.29, 1.82) is 0 Å². The minimum absolute atomic E-state index is 0.00672. The molecule has 2 nitrogen and oxygen atoms in total. The summed E-state index contributed by atoms with van der Waals surface area (Å²) in [6.45, 7) is 7.54. The van der Waals surface area contributed by atoms with E-state index in [2.05, 4.69) is 5.32 Å². The standard InChI is InChI=1S/C17H20FNO/c1-10-5-6-14(9-15(10)18)13(4)19-16-7-12(3)17(20)8-11(16)2/h5-9,13,19-20H,1-4H3. The maximum atomic E-state index is 13.6. The lowest BCUT2D eigenvalue weighted by atomic mass is 10.0. The number of nitrogens with one attached hydrogen (secondary N) is 1. The third-order valence-electron chi connectivity index (χ3n) is 3.61. The van der Waals surface area contributed by atoms with Gasteiger partial charge in [0.05, 0.1) is 0 Å². The van der Waals surface area contributed by atoms with Crippen LogP contribution in [-0.4, -0.2) is 5.11 Å². The van der Waals surface area contributed by atoms with Gasteiger partial charge in [0.2, 0.25) is 0 Å². The lowest BCUT2D eigenvalue weighted by Gasteiger charge is -2.19. The van der Waals surface area contributed by atoms with Crippen molar-refractivity contribution in [2.24, 2.45) is 0 Å². The summed E-state index contributed by atoms with van der Waals surface area (Å²) in [6.07, 6.45) is 0. The number of aromatic hydroxyl groups is 1. The van der Waals surface area contributed by atoms with Gasteiger partial charge in [-0.2, -0.15) is 0 Å². The second kappa shape index (κ2) is 5.53. The van der Waals surface area contributed by atoms with E-state index in [9.17, 15) is 9.50 Å². The van der Waals surface area contributed by atoms with Gasteiger partial charge < -0.3 is 10.4 Å². The summed E-state index contributed by atoms with van der Waals surface area (Å²) in [6, 6.07) is 8.92. The highest BCUT2D eigenvalue weighted by atomic mass is 19.1. The van der Waals surface area contributed by atoms with Crippen molar-refractivity contribution in [3.8, 4) is 5.75 Å². The van der Waals surface area contributed by atoms with E-state index in [4.69, 9.17) is 0 Å². The van der Waals surface area contributed by atoms with Gasteiger partial charge in [-0.15, -0.1) is 0 Å². The summed E-state index contributed by atoms with van der Waals surface area (Å²) >= 11 is 0. The number of phenolic OH excluding ortho intramolecular Hbond substituents is 1. The number of anilines is 1. The predicted octanol–water partition coefficient (Wildman–Crippen LogP) is 4.63. The molecule has 0 spiro atoms. The molecule has 106 valence electrons. The first-order valence-corrected chi connectivity index (χ1v) is 6.71. The Bertz CT molecular complexity index is 637. The average Bonchev–Trinajstić information content (AvgIpc) is 2.39. The highest BCUT2D eigenvalue weighted by Gasteiger charge is 2.10. The molecule has 0 bridgehead atoms. The first-order valence-electron chi connectivity index (χ1n) is 6.71. The molecule has 0 aromatic heterocycles. The summed E-state index contributed by atoms with van der Waals surface area (Å²) in [7, 11) is 0. The summed E-state index contributed by atoms with van der Waals surface area (Å²) in [5, 5.41) is 13.0. The molecule has 0 heterocycles. The van der Waals surface area contributed by atoms with Gasteiger partial charge in [0.25, 0.3) is 0 Å². The second-order valence-electron chi connectivity index (χ2n) is 5.33. The van der Waals surface area contributed by atoms with Gasteiger partial charge in [0.15, 0.2) is 0 Å². The minimum Gasteiger partial charge on any atom is -0.508 e. The molecule has 2 N–H and O–H groups in total. The molecule has 0 saturated heterocycles. The number of hydrogen-bond donors (Lipinski definition) is 2. The van der Waals surface area contributed by atoms with Gasteiger partial charge in [0.1, 0.15) is 11.6 Å². The Hall–Kier alpha value is -2.03. The number of halogens is 1. The lowest BCUT2D eigenvalue weighted by Crippen LogP contribution is -2.08. The van der Waals surface area contributed by atoms with Crippen LogP contribution >= 0.6 is 0 Å². The fourth-order valence-electron chi connectivity index (χ4n) is 2.15. The molecular weight excluding hydrogens is 253 g/mol. The van der Waals surface area contributed by atoms with Gasteiger partial charge in [-0.1, -0.05) is 12.1 Å². The van der Waals surface area contributed by atoms with E-state index < -0.39 is 0 Å². The molecule has 2 rings (SSSR count).